The van der Waals surface area contributed by atoms with Crippen molar-refractivity contribution in [3.63, 3.8) is 0 Å². The smallest absolute Gasteiger partial charge is 0.266 e. The molecule has 0 saturated carbocycles. The number of aromatic nitrogens is 4. The molecule has 1 fully saturated rings. The average molecular weight is 370 g/mol. The second-order valence-corrected chi connectivity index (χ2v) is 9.19. The van der Waals surface area contributed by atoms with Crippen molar-refractivity contribution in [3.8, 4) is 0 Å². The van der Waals surface area contributed by atoms with E-state index in [4.69, 9.17) is 0 Å². The molecule has 3 heterocycles. The number of nitrogens with zero attached hydrogens (tertiary/aromatic N) is 4. The standard InChI is InChI=1S/C21H31N5O/c1-21(2,3)19-7-8-20(27)26(24-19)13-15-9-11-25(12-10-15)14-18-16-5-4-6-17(16)22-23-18/h7-8,15H,4-6,9-14H2,1-3H3,(H,22,23). The topological polar surface area (TPSA) is 66.8 Å². The Morgan fingerprint density at radius 3 is 2.70 bits per heavy atom. The van der Waals surface area contributed by atoms with E-state index in [0.29, 0.717) is 5.92 Å². The number of hydrogen-bond acceptors (Lipinski definition) is 4. The fraction of sp³-hybridized carbons (Fsp3) is 0.667. The summed E-state index contributed by atoms with van der Waals surface area (Å²) in [5.41, 5.74) is 5.01. The molecule has 2 aromatic rings. The zero-order valence-electron chi connectivity index (χ0n) is 16.8. The highest BCUT2D eigenvalue weighted by Gasteiger charge is 2.24. The van der Waals surface area contributed by atoms with Crippen LogP contribution in [0.25, 0.3) is 0 Å². The number of aromatic amines is 1. The van der Waals surface area contributed by atoms with Gasteiger partial charge in [0.15, 0.2) is 0 Å². The van der Waals surface area contributed by atoms with Crippen LogP contribution in [-0.4, -0.2) is 38.0 Å². The number of piperidine rings is 1. The van der Waals surface area contributed by atoms with Gasteiger partial charge < -0.3 is 0 Å². The Hall–Kier alpha value is -1.95. The van der Waals surface area contributed by atoms with Crippen LogP contribution in [0.2, 0.25) is 0 Å². The summed E-state index contributed by atoms with van der Waals surface area (Å²) in [5, 5.41) is 12.4. The first-order chi connectivity index (χ1) is 12.9. The molecule has 0 radical (unpaired) electrons. The van der Waals surface area contributed by atoms with Crippen molar-refractivity contribution >= 4 is 0 Å². The summed E-state index contributed by atoms with van der Waals surface area (Å²) in [5.74, 6) is 0.520. The van der Waals surface area contributed by atoms with E-state index in [0.717, 1.165) is 51.1 Å². The van der Waals surface area contributed by atoms with Crippen LogP contribution in [0, 0.1) is 5.92 Å². The van der Waals surface area contributed by atoms with Crippen molar-refractivity contribution in [3.05, 3.63) is 45.1 Å². The lowest BCUT2D eigenvalue weighted by atomic mass is 9.92. The molecule has 0 aromatic carbocycles. The molecule has 0 amide bonds. The Labute approximate surface area is 161 Å². The highest BCUT2D eigenvalue weighted by Crippen LogP contribution is 2.26. The summed E-state index contributed by atoms with van der Waals surface area (Å²) in [4.78, 5) is 14.7. The van der Waals surface area contributed by atoms with E-state index >= 15 is 0 Å². The van der Waals surface area contributed by atoms with Crippen molar-refractivity contribution in [1.82, 2.24) is 24.9 Å². The molecule has 1 aliphatic heterocycles. The van der Waals surface area contributed by atoms with Crippen LogP contribution >= 0.6 is 0 Å². The quantitative estimate of drug-likeness (QED) is 0.900. The predicted molar refractivity (Wildman–Crippen MR) is 106 cm³/mol. The maximum absolute atomic E-state index is 12.2. The minimum atomic E-state index is -0.0391. The van der Waals surface area contributed by atoms with E-state index in [9.17, 15) is 4.79 Å². The molecule has 27 heavy (non-hydrogen) atoms. The van der Waals surface area contributed by atoms with Gasteiger partial charge in [0.05, 0.1) is 11.4 Å². The van der Waals surface area contributed by atoms with Crippen molar-refractivity contribution in [2.75, 3.05) is 13.1 Å². The lowest BCUT2D eigenvalue weighted by Crippen LogP contribution is -2.37. The van der Waals surface area contributed by atoms with Gasteiger partial charge in [0, 0.05) is 30.3 Å². The first-order valence-corrected chi connectivity index (χ1v) is 10.3. The molecule has 1 N–H and O–H groups in total. The fourth-order valence-corrected chi connectivity index (χ4v) is 4.28. The zero-order chi connectivity index (χ0) is 19.0. The predicted octanol–water partition coefficient (Wildman–Crippen LogP) is 2.66. The third-order valence-corrected chi connectivity index (χ3v) is 6.04. The maximum Gasteiger partial charge on any atom is 0.266 e. The van der Waals surface area contributed by atoms with E-state index in [1.165, 1.54) is 29.8 Å². The first kappa shape index (κ1) is 18.4. The molecular weight excluding hydrogens is 338 g/mol. The molecular formula is C21H31N5O. The van der Waals surface area contributed by atoms with Crippen molar-refractivity contribution < 1.29 is 0 Å². The Bertz CT molecular complexity index is 852. The van der Waals surface area contributed by atoms with Crippen molar-refractivity contribution in [1.29, 1.82) is 0 Å². The summed E-state index contributed by atoms with van der Waals surface area (Å²) >= 11 is 0. The third kappa shape index (κ3) is 4.00. The Kier molecular flexibility index (Phi) is 4.93. The molecule has 6 nitrogen and oxygen atoms in total. The summed E-state index contributed by atoms with van der Waals surface area (Å²) in [6.07, 6.45) is 5.81. The number of aryl methyl sites for hydroxylation is 1. The van der Waals surface area contributed by atoms with Gasteiger partial charge >= 0.3 is 0 Å². The highest BCUT2D eigenvalue weighted by atomic mass is 16.1. The number of nitrogens with one attached hydrogen (secondary N) is 1. The minimum absolute atomic E-state index is 0.0116. The molecule has 6 heteroatoms. The van der Waals surface area contributed by atoms with Crippen LogP contribution in [-0.2, 0) is 31.3 Å². The summed E-state index contributed by atoms with van der Waals surface area (Å²) < 4.78 is 1.68. The molecule has 2 aromatic heterocycles. The highest BCUT2D eigenvalue weighted by molar-refractivity contribution is 5.29. The lowest BCUT2D eigenvalue weighted by molar-refractivity contribution is 0.161. The average Bonchev–Trinajstić information content (AvgIpc) is 3.22. The van der Waals surface area contributed by atoms with Gasteiger partial charge in [-0.3, -0.25) is 14.8 Å². The van der Waals surface area contributed by atoms with Gasteiger partial charge in [-0.05, 0) is 62.7 Å². The van der Waals surface area contributed by atoms with Gasteiger partial charge in [-0.2, -0.15) is 10.2 Å². The van der Waals surface area contributed by atoms with Gasteiger partial charge in [0.25, 0.3) is 5.56 Å². The summed E-state index contributed by atoms with van der Waals surface area (Å²) in [6.45, 7) is 10.2. The number of likely N-dealkylation sites (tertiary alicyclic amines) is 1. The van der Waals surface area contributed by atoms with E-state index in [1.54, 1.807) is 10.7 Å². The normalized spacial score (nSPS) is 18.8. The second-order valence-electron chi connectivity index (χ2n) is 9.19. The molecule has 146 valence electrons. The van der Waals surface area contributed by atoms with Gasteiger partial charge in [0.1, 0.15) is 0 Å². The van der Waals surface area contributed by atoms with Crippen LogP contribution in [0.1, 0.15) is 62.7 Å². The second kappa shape index (κ2) is 7.23. The van der Waals surface area contributed by atoms with E-state index < -0.39 is 0 Å². The van der Waals surface area contributed by atoms with Gasteiger partial charge in [0.2, 0.25) is 0 Å². The number of H-pyrrole nitrogens is 1. The third-order valence-electron chi connectivity index (χ3n) is 6.04. The molecule has 1 aliphatic carbocycles. The number of hydrogen-bond donors (Lipinski definition) is 1. The Morgan fingerprint density at radius 2 is 1.96 bits per heavy atom. The number of fused-ring (bicyclic) bond motifs is 1. The molecule has 4 rings (SSSR count). The SMILES string of the molecule is CC(C)(C)c1ccc(=O)n(CC2CCN(Cc3n[nH]c4c3CCC4)CC2)n1. The molecule has 0 unspecified atom stereocenters. The Morgan fingerprint density at radius 1 is 1.19 bits per heavy atom. The van der Waals surface area contributed by atoms with Crippen LogP contribution in [0.15, 0.2) is 16.9 Å². The zero-order valence-corrected chi connectivity index (χ0v) is 16.8. The minimum Gasteiger partial charge on any atom is -0.297 e. The van der Waals surface area contributed by atoms with E-state index in [1.807, 2.05) is 6.07 Å². The fourth-order valence-electron chi connectivity index (χ4n) is 4.28. The van der Waals surface area contributed by atoms with Gasteiger partial charge in [-0.25, -0.2) is 4.68 Å². The van der Waals surface area contributed by atoms with Crippen molar-refractivity contribution in [2.45, 2.75) is 71.4 Å². The molecule has 0 spiro atoms. The largest absolute Gasteiger partial charge is 0.297 e. The molecule has 0 bridgehead atoms. The van der Waals surface area contributed by atoms with Gasteiger partial charge in [-0.1, -0.05) is 20.8 Å². The van der Waals surface area contributed by atoms with E-state index in [-0.39, 0.29) is 11.0 Å². The lowest BCUT2D eigenvalue weighted by Gasteiger charge is -2.31. The molecule has 0 atom stereocenters. The van der Waals surface area contributed by atoms with Crippen LogP contribution in [0.3, 0.4) is 0 Å². The first-order valence-electron chi connectivity index (χ1n) is 10.3. The maximum atomic E-state index is 12.2. The monoisotopic (exact) mass is 369 g/mol. The van der Waals surface area contributed by atoms with Crippen molar-refractivity contribution in [2.24, 2.45) is 5.92 Å². The summed E-state index contributed by atoms with van der Waals surface area (Å²) in [6, 6.07) is 3.53. The molecule has 1 saturated heterocycles. The van der Waals surface area contributed by atoms with Crippen LogP contribution in [0.4, 0.5) is 0 Å². The van der Waals surface area contributed by atoms with Crippen LogP contribution in [0.5, 0.6) is 0 Å². The number of rotatable bonds is 4. The Balaban J connectivity index is 1.35. The molecule has 2 aliphatic rings. The summed E-state index contributed by atoms with van der Waals surface area (Å²) in [7, 11) is 0. The van der Waals surface area contributed by atoms with Crippen LogP contribution < -0.4 is 5.56 Å². The van der Waals surface area contributed by atoms with E-state index in [2.05, 4.69) is 41.0 Å². The van der Waals surface area contributed by atoms with Gasteiger partial charge in [-0.15, -0.1) is 0 Å².